The van der Waals surface area contributed by atoms with Gasteiger partial charge in [-0.15, -0.1) is 0 Å². The van der Waals surface area contributed by atoms with E-state index in [0.29, 0.717) is 0 Å². The van der Waals surface area contributed by atoms with Gasteiger partial charge in [0.05, 0.1) is 4.47 Å². The summed E-state index contributed by atoms with van der Waals surface area (Å²) in [7, 11) is 0. The van der Waals surface area contributed by atoms with E-state index < -0.39 is 0 Å². The Morgan fingerprint density at radius 1 is 1.11 bits per heavy atom. The van der Waals surface area contributed by atoms with Crippen LogP contribution in [-0.4, -0.2) is 0 Å². The molecule has 0 radical (unpaired) electrons. The summed E-state index contributed by atoms with van der Waals surface area (Å²) in [6.45, 7) is 2.08. The number of hydrogen-bond acceptors (Lipinski definition) is 2. The molecule has 0 aliphatic heterocycles. The quantitative estimate of drug-likeness (QED) is 0.892. The molecule has 2 nitrogen and oxygen atoms in total. The SMILES string of the molecule is CC[C@H](N)c1ccc(Oc2ccccc2Br)cc1. The second-order valence-electron chi connectivity index (χ2n) is 4.12. The van der Waals surface area contributed by atoms with E-state index in [4.69, 9.17) is 10.5 Å². The highest BCUT2D eigenvalue weighted by molar-refractivity contribution is 9.10. The van der Waals surface area contributed by atoms with Crippen LogP contribution in [0.3, 0.4) is 0 Å². The lowest BCUT2D eigenvalue weighted by Gasteiger charge is -2.11. The van der Waals surface area contributed by atoms with Crippen LogP contribution in [0.15, 0.2) is 53.0 Å². The van der Waals surface area contributed by atoms with E-state index in [1.54, 1.807) is 0 Å². The lowest BCUT2D eigenvalue weighted by molar-refractivity contribution is 0.479. The van der Waals surface area contributed by atoms with Crippen LogP contribution in [0.5, 0.6) is 11.5 Å². The molecule has 0 aliphatic carbocycles. The molecule has 18 heavy (non-hydrogen) atoms. The Bertz CT molecular complexity index is 510. The second kappa shape index (κ2) is 6.03. The van der Waals surface area contributed by atoms with Crippen molar-refractivity contribution in [1.82, 2.24) is 0 Å². The largest absolute Gasteiger partial charge is 0.456 e. The van der Waals surface area contributed by atoms with E-state index in [-0.39, 0.29) is 6.04 Å². The van der Waals surface area contributed by atoms with Crippen LogP contribution in [0.1, 0.15) is 24.9 Å². The van der Waals surface area contributed by atoms with Gasteiger partial charge in [-0.3, -0.25) is 0 Å². The highest BCUT2D eigenvalue weighted by atomic mass is 79.9. The Morgan fingerprint density at radius 3 is 2.39 bits per heavy atom. The first-order valence-electron chi connectivity index (χ1n) is 5.98. The van der Waals surface area contributed by atoms with Gasteiger partial charge in [-0.1, -0.05) is 31.2 Å². The first-order chi connectivity index (χ1) is 8.70. The van der Waals surface area contributed by atoms with Crippen molar-refractivity contribution < 1.29 is 4.74 Å². The first kappa shape index (κ1) is 13.1. The van der Waals surface area contributed by atoms with Crippen LogP contribution >= 0.6 is 15.9 Å². The second-order valence-corrected chi connectivity index (χ2v) is 4.97. The summed E-state index contributed by atoms with van der Waals surface area (Å²) >= 11 is 3.46. The number of benzene rings is 2. The molecular formula is C15H16BrNO. The zero-order valence-corrected chi connectivity index (χ0v) is 11.9. The van der Waals surface area contributed by atoms with E-state index in [9.17, 15) is 0 Å². The van der Waals surface area contributed by atoms with E-state index in [2.05, 4.69) is 22.9 Å². The van der Waals surface area contributed by atoms with E-state index >= 15 is 0 Å². The van der Waals surface area contributed by atoms with Gasteiger partial charge in [0, 0.05) is 6.04 Å². The Morgan fingerprint density at radius 2 is 1.78 bits per heavy atom. The molecule has 2 aromatic rings. The number of para-hydroxylation sites is 1. The molecular weight excluding hydrogens is 290 g/mol. The van der Waals surface area contributed by atoms with Gasteiger partial charge in [0.1, 0.15) is 11.5 Å². The van der Waals surface area contributed by atoms with Gasteiger partial charge in [-0.25, -0.2) is 0 Å². The predicted molar refractivity (Wildman–Crippen MR) is 77.9 cm³/mol. The Labute approximate surface area is 116 Å². The average Bonchev–Trinajstić information content (AvgIpc) is 2.41. The number of halogens is 1. The third-order valence-corrected chi connectivity index (χ3v) is 3.47. The molecule has 0 saturated carbocycles. The third-order valence-electron chi connectivity index (χ3n) is 2.81. The monoisotopic (exact) mass is 305 g/mol. The van der Waals surface area contributed by atoms with Crippen LogP contribution in [0.4, 0.5) is 0 Å². The van der Waals surface area contributed by atoms with Crippen LogP contribution in [-0.2, 0) is 0 Å². The van der Waals surface area contributed by atoms with Crippen molar-refractivity contribution in [3.05, 3.63) is 58.6 Å². The highest BCUT2D eigenvalue weighted by Crippen LogP contribution is 2.29. The fourth-order valence-corrected chi connectivity index (χ4v) is 2.04. The van der Waals surface area contributed by atoms with Gasteiger partial charge >= 0.3 is 0 Å². The molecule has 2 rings (SSSR count). The molecule has 2 N–H and O–H groups in total. The minimum Gasteiger partial charge on any atom is -0.456 e. The average molecular weight is 306 g/mol. The summed E-state index contributed by atoms with van der Waals surface area (Å²) in [4.78, 5) is 0. The molecule has 2 aromatic carbocycles. The van der Waals surface area contributed by atoms with Crippen molar-refractivity contribution in [2.45, 2.75) is 19.4 Å². The van der Waals surface area contributed by atoms with Crippen molar-refractivity contribution >= 4 is 15.9 Å². The van der Waals surface area contributed by atoms with Gasteiger partial charge in [-0.2, -0.15) is 0 Å². The zero-order valence-electron chi connectivity index (χ0n) is 10.3. The number of ether oxygens (including phenoxy) is 1. The van der Waals surface area contributed by atoms with Crippen LogP contribution in [0.25, 0.3) is 0 Å². The molecule has 0 aliphatic rings. The minimum atomic E-state index is 0.0995. The predicted octanol–water partition coefficient (Wildman–Crippen LogP) is 4.65. The Hall–Kier alpha value is -1.32. The molecule has 3 heteroatoms. The van der Waals surface area contributed by atoms with Crippen molar-refractivity contribution in [3.8, 4) is 11.5 Å². The lowest BCUT2D eigenvalue weighted by Crippen LogP contribution is -2.07. The summed E-state index contributed by atoms with van der Waals surface area (Å²) in [5.41, 5.74) is 7.11. The molecule has 94 valence electrons. The van der Waals surface area contributed by atoms with Gasteiger partial charge in [0.2, 0.25) is 0 Å². The number of rotatable bonds is 4. The molecule has 0 aromatic heterocycles. The summed E-state index contributed by atoms with van der Waals surface area (Å²) < 4.78 is 6.73. The molecule has 0 unspecified atom stereocenters. The van der Waals surface area contributed by atoms with Gasteiger partial charge in [-0.05, 0) is 52.2 Å². The first-order valence-corrected chi connectivity index (χ1v) is 6.78. The fourth-order valence-electron chi connectivity index (χ4n) is 1.67. The summed E-state index contributed by atoms with van der Waals surface area (Å²) in [6.07, 6.45) is 0.935. The topological polar surface area (TPSA) is 35.2 Å². The molecule has 0 heterocycles. The van der Waals surface area contributed by atoms with E-state index in [0.717, 1.165) is 28.0 Å². The molecule has 1 atom stereocenters. The third kappa shape index (κ3) is 3.12. The Balaban J connectivity index is 2.14. The van der Waals surface area contributed by atoms with E-state index in [1.165, 1.54) is 0 Å². The summed E-state index contributed by atoms with van der Waals surface area (Å²) in [6, 6.07) is 15.8. The molecule has 0 saturated heterocycles. The number of nitrogens with two attached hydrogens (primary N) is 1. The van der Waals surface area contributed by atoms with Crippen molar-refractivity contribution in [2.24, 2.45) is 5.73 Å². The van der Waals surface area contributed by atoms with Crippen molar-refractivity contribution in [1.29, 1.82) is 0 Å². The Kier molecular flexibility index (Phi) is 4.39. The summed E-state index contributed by atoms with van der Waals surface area (Å²) in [5, 5.41) is 0. The normalized spacial score (nSPS) is 12.2. The zero-order chi connectivity index (χ0) is 13.0. The maximum atomic E-state index is 5.97. The highest BCUT2D eigenvalue weighted by Gasteiger charge is 2.04. The minimum absolute atomic E-state index is 0.0995. The molecule has 0 fully saturated rings. The van der Waals surface area contributed by atoms with Gasteiger partial charge < -0.3 is 10.5 Å². The summed E-state index contributed by atoms with van der Waals surface area (Å²) in [5.74, 6) is 1.62. The lowest BCUT2D eigenvalue weighted by atomic mass is 10.1. The smallest absolute Gasteiger partial charge is 0.141 e. The molecule has 0 amide bonds. The van der Waals surface area contributed by atoms with Crippen LogP contribution in [0.2, 0.25) is 0 Å². The fraction of sp³-hybridized carbons (Fsp3) is 0.200. The maximum Gasteiger partial charge on any atom is 0.141 e. The van der Waals surface area contributed by atoms with Crippen LogP contribution < -0.4 is 10.5 Å². The van der Waals surface area contributed by atoms with Crippen molar-refractivity contribution in [3.63, 3.8) is 0 Å². The van der Waals surface area contributed by atoms with Crippen molar-refractivity contribution in [2.75, 3.05) is 0 Å². The van der Waals surface area contributed by atoms with Gasteiger partial charge in [0.15, 0.2) is 0 Å². The van der Waals surface area contributed by atoms with Crippen LogP contribution in [0, 0.1) is 0 Å². The maximum absolute atomic E-state index is 5.97. The van der Waals surface area contributed by atoms with Gasteiger partial charge in [0.25, 0.3) is 0 Å². The standard InChI is InChI=1S/C15H16BrNO/c1-2-14(17)11-7-9-12(10-8-11)18-15-6-4-3-5-13(15)16/h3-10,14H,2,17H2,1H3/t14-/m0/s1. The molecule has 0 bridgehead atoms. The van der Waals surface area contributed by atoms with E-state index in [1.807, 2.05) is 48.5 Å². The molecule has 0 spiro atoms. The number of hydrogen-bond donors (Lipinski definition) is 1.